The Kier molecular flexibility index (Phi) is 3.90. The van der Waals surface area contributed by atoms with Crippen LogP contribution in [0, 0.1) is 26.7 Å². The zero-order valence-corrected chi connectivity index (χ0v) is 13.4. The van der Waals surface area contributed by atoms with Crippen LogP contribution in [-0.2, 0) is 9.59 Å². The first-order valence-corrected chi connectivity index (χ1v) is 7.56. The monoisotopic (exact) mass is 313 g/mol. The van der Waals surface area contributed by atoms with Gasteiger partial charge in [-0.25, -0.2) is 0 Å². The minimum atomic E-state index is -0.389. The molecule has 0 aliphatic carbocycles. The number of amides is 2. The second-order valence-electron chi connectivity index (χ2n) is 5.94. The van der Waals surface area contributed by atoms with Gasteiger partial charge >= 0.3 is 0 Å². The molecule has 1 fully saturated rings. The molecule has 1 saturated heterocycles. The lowest BCUT2D eigenvalue weighted by atomic mass is 10.1. The van der Waals surface area contributed by atoms with Crippen molar-refractivity contribution in [2.75, 3.05) is 16.8 Å². The molecular formula is C17H19N3O3. The van der Waals surface area contributed by atoms with Crippen LogP contribution >= 0.6 is 0 Å². The Morgan fingerprint density at radius 2 is 2.13 bits per heavy atom. The van der Waals surface area contributed by atoms with Crippen LogP contribution in [0.15, 0.2) is 28.8 Å². The number of benzene rings is 1. The Morgan fingerprint density at radius 3 is 2.83 bits per heavy atom. The van der Waals surface area contributed by atoms with E-state index < -0.39 is 0 Å². The van der Waals surface area contributed by atoms with E-state index in [9.17, 15) is 9.59 Å². The molecule has 2 amide bonds. The van der Waals surface area contributed by atoms with Crippen LogP contribution in [0.2, 0.25) is 0 Å². The van der Waals surface area contributed by atoms with E-state index in [2.05, 4.69) is 10.5 Å². The molecule has 6 nitrogen and oxygen atoms in total. The van der Waals surface area contributed by atoms with Gasteiger partial charge in [0.05, 0.1) is 5.92 Å². The largest absolute Gasteiger partial charge is 0.360 e. The number of nitrogens with zero attached hydrogens (tertiary/aromatic N) is 2. The predicted octanol–water partition coefficient (Wildman–Crippen LogP) is 2.59. The van der Waals surface area contributed by atoms with E-state index in [1.165, 1.54) is 0 Å². The molecule has 2 heterocycles. The van der Waals surface area contributed by atoms with E-state index in [1.807, 2.05) is 32.0 Å². The number of hydrogen-bond donors (Lipinski definition) is 1. The summed E-state index contributed by atoms with van der Waals surface area (Å²) in [5.41, 5.74) is 3.07. The topological polar surface area (TPSA) is 75.4 Å². The molecule has 0 bridgehead atoms. The second-order valence-corrected chi connectivity index (χ2v) is 5.94. The summed E-state index contributed by atoms with van der Waals surface area (Å²) in [4.78, 5) is 26.3. The summed E-state index contributed by atoms with van der Waals surface area (Å²) in [5, 5.41) is 6.44. The van der Waals surface area contributed by atoms with Crippen molar-refractivity contribution in [3.63, 3.8) is 0 Å². The van der Waals surface area contributed by atoms with Crippen molar-refractivity contribution < 1.29 is 14.1 Å². The molecule has 2 aromatic rings. The van der Waals surface area contributed by atoms with Gasteiger partial charge in [-0.15, -0.1) is 0 Å². The van der Waals surface area contributed by atoms with Crippen LogP contribution in [0.25, 0.3) is 0 Å². The van der Waals surface area contributed by atoms with Crippen molar-refractivity contribution in [2.24, 2.45) is 5.92 Å². The maximum absolute atomic E-state index is 12.3. The van der Waals surface area contributed by atoms with Crippen LogP contribution in [-0.4, -0.2) is 23.5 Å². The molecule has 6 heteroatoms. The molecule has 1 aliphatic rings. The molecule has 0 unspecified atom stereocenters. The maximum atomic E-state index is 12.3. The first-order valence-electron chi connectivity index (χ1n) is 7.56. The van der Waals surface area contributed by atoms with Gasteiger partial charge in [-0.05, 0) is 38.0 Å². The van der Waals surface area contributed by atoms with Crippen molar-refractivity contribution in [3.8, 4) is 0 Å². The zero-order chi connectivity index (χ0) is 16.6. The third-order valence-corrected chi connectivity index (χ3v) is 4.24. The third kappa shape index (κ3) is 2.97. The second kappa shape index (κ2) is 5.87. The van der Waals surface area contributed by atoms with Crippen molar-refractivity contribution in [1.82, 2.24) is 5.16 Å². The summed E-state index contributed by atoms with van der Waals surface area (Å²) in [6.07, 6.45) is 0.204. The lowest BCUT2D eigenvalue weighted by Gasteiger charge is -2.20. The Labute approximate surface area is 134 Å². The SMILES string of the molecule is Cc1cc(NC(=O)[C@H]2CC(=O)N(c3cccc(C)c3C)C2)no1. The van der Waals surface area contributed by atoms with Gasteiger partial charge in [-0.2, -0.15) is 0 Å². The number of carbonyl (C=O) groups is 2. The van der Waals surface area contributed by atoms with Crippen molar-refractivity contribution in [3.05, 3.63) is 41.2 Å². The highest BCUT2D eigenvalue weighted by Crippen LogP contribution is 2.29. The summed E-state index contributed by atoms with van der Waals surface area (Å²) in [5.74, 6) is 0.374. The van der Waals surface area contributed by atoms with Gasteiger partial charge in [-0.3, -0.25) is 9.59 Å². The Balaban J connectivity index is 1.74. The lowest BCUT2D eigenvalue weighted by Crippen LogP contribution is -2.28. The Hall–Kier alpha value is -2.63. The molecule has 1 aromatic carbocycles. The van der Waals surface area contributed by atoms with Gasteiger partial charge in [0.25, 0.3) is 0 Å². The molecule has 1 aliphatic heterocycles. The Bertz CT molecular complexity index is 766. The maximum Gasteiger partial charge on any atom is 0.231 e. The first kappa shape index (κ1) is 15.3. The molecule has 3 rings (SSSR count). The average molecular weight is 313 g/mol. The van der Waals surface area contributed by atoms with Crippen LogP contribution in [0.5, 0.6) is 0 Å². The Morgan fingerprint density at radius 1 is 1.35 bits per heavy atom. The smallest absolute Gasteiger partial charge is 0.231 e. The predicted molar refractivity (Wildman–Crippen MR) is 86.2 cm³/mol. The molecule has 0 radical (unpaired) electrons. The van der Waals surface area contributed by atoms with Gasteiger partial charge in [-0.1, -0.05) is 17.3 Å². The van der Waals surface area contributed by atoms with Gasteiger partial charge < -0.3 is 14.7 Å². The van der Waals surface area contributed by atoms with Gasteiger partial charge in [0, 0.05) is 24.7 Å². The number of anilines is 2. The molecule has 1 aromatic heterocycles. The van der Waals surface area contributed by atoms with Crippen molar-refractivity contribution in [2.45, 2.75) is 27.2 Å². The normalized spacial score (nSPS) is 17.6. The van der Waals surface area contributed by atoms with E-state index in [4.69, 9.17) is 4.52 Å². The molecule has 0 spiro atoms. The van der Waals surface area contributed by atoms with E-state index in [1.54, 1.807) is 17.9 Å². The van der Waals surface area contributed by atoms with Gasteiger partial charge in [0.1, 0.15) is 5.76 Å². The summed E-state index contributed by atoms with van der Waals surface area (Å²) in [6, 6.07) is 7.51. The summed E-state index contributed by atoms with van der Waals surface area (Å²) in [7, 11) is 0. The summed E-state index contributed by atoms with van der Waals surface area (Å²) in [6.45, 7) is 6.13. The average Bonchev–Trinajstić information content (AvgIpc) is 3.08. The van der Waals surface area contributed by atoms with Gasteiger partial charge in [0.2, 0.25) is 11.8 Å². The number of hydrogen-bond acceptors (Lipinski definition) is 4. The minimum Gasteiger partial charge on any atom is -0.360 e. The van der Waals surface area contributed by atoms with E-state index in [0.717, 1.165) is 16.8 Å². The van der Waals surface area contributed by atoms with Crippen LogP contribution < -0.4 is 10.2 Å². The molecule has 1 N–H and O–H groups in total. The van der Waals surface area contributed by atoms with Crippen molar-refractivity contribution in [1.29, 1.82) is 0 Å². The first-order chi connectivity index (χ1) is 11.0. The number of rotatable bonds is 3. The quantitative estimate of drug-likeness (QED) is 0.945. The highest BCUT2D eigenvalue weighted by Gasteiger charge is 2.36. The number of nitrogens with one attached hydrogen (secondary N) is 1. The lowest BCUT2D eigenvalue weighted by molar-refractivity contribution is -0.122. The van der Waals surface area contributed by atoms with Crippen LogP contribution in [0.4, 0.5) is 11.5 Å². The standard InChI is InChI=1S/C17H19N3O3/c1-10-5-4-6-14(12(10)3)20-9-13(8-16(20)21)17(22)18-15-7-11(2)23-19-15/h4-7,13H,8-9H2,1-3H3,(H,18,19,22)/t13-/m0/s1. The number of aryl methyl sites for hydroxylation is 2. The summed E-state index contributed by atoms with van der Waals surface area (Å²) >= 11 is 0. The van der Waals surface area contributed by atoms with Crippen molar-refractivity contribution >= 4 is 23.3 Å². The number of carbonyl (C=O) groups excluding carboxylic acids is 2. The van der Waals surface area contributed by atoms with Crippen LogP contribution in [0.1, 0.15) is 23.3 Å². The minimum absolute atomic E-state index is 0.0322. The van der Waals surface area contributed by atoms with E-state index >= 15 is 0 Å². The fourth-order valence-corrected chi connectivity index (χ4v) is 2.80. The molecule has 23 heavy (non-hydrogen) atoms. The fourth-order valence-electron chi connectivity index (χ4n) is 2.80. The molecular weight excluding hydrogens is 294 g/mol. The van der Waals surface area contributed by atoms with E-state index in [-0.39, 0.29) is 24.2 Å². The third-order valence-electron chi connectivity index (χ3n) is 4.24. The zero-order valence-electron chi connectivity index (χ0n) is 13.4. The fraction of sp³-hybridized carbons (Fsp3) is 0.353. The number of aromatic nitrogens is 1. The van der Waals surface area contributed by atoms with E-state index in [0.29, 0.717) is 18.1 Å². The van der Waals surface area contributed by atoms with Crippen LogP contribution in [0.3, 0.4) is 0 Å². The molecule has 120 valence electrons. The summed E-state index contributed by atoms with van der Waals surface area (Å²) < 4.78 is 4.93. The molecule has 1 atom stereocenters. The van der Waals surface area contributed by atoms with Gasteiger partial charge in [0.15, 0.2) is 5.82 Å². The molecule has 0 saturated carbocycles. The highest BCUT2D eigenvalue weighted by atomic mass is 16.5. The highest BCUT2D eigenvalue weighted by molar-refractivity contribution is 6.03.